The molecule has 0 aromatic heterocycles. The number of carbonyl (C=O) groups is 1. The first-order chi connectivity index (χ1) is 9.08. The lowest BCUT2D eigenvalue weighted by Gasteiger charge is -2.35. The molecular formula is C15H23ClN2O2. The SMILES string of the molecule is Cc1cccc(OC(C)C(=O)N2CCNC[C@@H]2C)c1.Cl. The van der Waals surface area contributed by atoms with E-state index in [0.29, 0.717) is 0 Å². The minimum absolute atomic E-state index is 0. The number of piperazine rings is 1. The highest BCUT2D eigenvalue weighted by Gasteiger charge is 2.27. The van der Waals surface area contributed by atoms with Crippen LogP contribution < -0.4 is 10.1 Å². The quantitative estimate of drug-likeness (QED) is 0.928. The van der Waals surface area contributed by atoms with E-state index in [1.165, 1.54) is 0 Å². The van der Waals surface area contributed by atoms with E-state index in [1.807, 2.05) is 43.0 Å². The number of amides is 1. The summed E-state index contributed by atoms with van der Waals surface area (Å²) >= 11 is 0. The van der Waals surface area contributed by atoms with Crippen molar-refractivity contribution in [1.82, 2.24) is 10.2 Å². The smallest absolute Gasteiger partial charge is 0.263 e. The van der Waals surface area contributed by atoms with Gasteiger partial charge >= 0.3 is 0 Å². The summed E-state index contributed by atoms with van der Waals surface area (Å²) < 4.78 is 5.75. The molecule has 5 heteroatoms. The van der Waals surface area contributed by atoms with Crippen LogP contribution in [0.3, 0.4) is 0 Å². The summed E-state index contributed by atoms with van der Waals surface area (Å²) in [5.41, 5.74) is 1.13. The predicted molar refractivity (Wildman–Crippen MR) is 82.6 cm³/mol. The first-order valence-electron chi connectivity index (χ1n) is 6.82. The van der Waals surface area contributed by atoms with Gasteiger partial charge in [-0.2, -0.15) is 0 Å². The number of hydrogen-bond donors (Lipinski definition) is 1. The van der Waals surface area contributed by atoms with Crippen molar-refractivity contribution in [1.29, 1.82) is 0 Å². The van der Waals surface area contributed by atoms with Crippen LogP contribution in [0.25, 0.3) is 0 Å². The molecule has 1 heterocycles. The lowest BCUT2D eigenvalue weighted by atomic mass is 10.2. The van der Waals surface area contributed by atoms with Crippen LogP contribution in [0.1, 0.15) is 19.4 Å². The molecule has 4 nitrogen and oxygen atoms in total. The van der Waals surface area contributed by atoms with E-state index in [-0.39, 0.29) is 24.4 Å². The molecule has 1 saturated heterocycles. The molecule has 1 aromatic carbocycles. The fourth-order valence-corrected chi connectivity index (χ4v) is 2.35. The Hall–Kier alpha value is -1.26. The van der Waals surface area contributed by atoms with Crippen LogP contribution in [0.15, 0.2) is 24.3 Å². The van der Waals surface area contributed by atoms with E-state index in [1.54, 1.807) is 0 Å². The van der Waals surface area contributed by atoms with Gasteiger partial charge in [0.05, 0.1) is 0 Å². The van der Waals surface area contributed by atoms with Gasteiger partial charge in [0.2, 0.25) is 0 Å². The molecule has 1 aromatic rings. The molecule has 1 amide bonds. The third-order valence-corrected chi connectivity index (χ3v) is 3.43. The molecule has 2 rings (SSSR count). The molecule has 1 N–H and O–H groups in total. The molecule has 0 spiro atoms. The Balaban J connectivity index is 0.00000200. The predicted octanol–water partition coefficient (Wildman–Crippen LogP) is 2.00. The summed E-state index contributed by atoms with van der Waals surface area (Å²) in [5.74, 6) is 0.819. The fourth-order valence-electron chi connectivity index (χ4n) is 2.35. The Bertz CT molecular complexity index is 453. The van der Waals surface area contributed by atoms with Crippen LogP contribution in [0.4, 0.5) is 0 Å². The second-order valence-corrected chi connectivity index (χ2v) is 5.16. The number of carbonyl (C=O) groups excluding carboxylic acids is 1. The largest absolute Gasteiger partial charge is 0.481 e. The van der Waals surface area contributed by atoms with Crippen LogP contribution in [-0.2, 0) is 4.79 Å². The number of aryl methyl sites for hydroxylation is 1. The van der Waals surface area contributed by atoms with Crippen LogP contribution in [-0.4, -0.2) is 42.6 Å². The number of nitrogens with zero attached hydrogens (tertiary/aromatic N) is 1. The molecular weight excluding hydrogens is 276 g/mol. The average molecular weight is 299 g/mol. The van der Waals surface area contributed by atoms with Gasteiger partial charge in [0.1, 0.15) is 5.75 Å². The minimum Gasteiger partial charge on any atom is -0.481 e. The van der Waals surface area contributed by atoms with Crippen LogP contribution in [0.5, 0.6) is 5.75 Å². The summed E-state index contributed by atoms with van der Waals surface area (Å²) in [6, 6.07) is 8.01. The van der Waals surface area contributed by atoms with Gasteiger partial charge in [0.25, 0.3) is 5.91 Å². The number of rotatable bonds is 3. The lowest BCUT2D eigenvalue weighted by Crippen LogP contribution is -2.55. The first-order valence-corrected chi connectivity index (χ1v) is 6.82. The zero-order valence-electron chi connectivity index (χ0n) is 12.3. The van der Waals surface area contributed by atoms with E-state index in [9.17, 15) is 4.79 Å². The lowest BCUT2D eigenvalue weighted by molar-refractivity contribution is -0.140. The molecule has 1 fully saturated rings. The average Bonchev–Trinajstić information content (AvgIpc) is 2.38. The van der Waals surface area contributed by atoms with Gasteiger partial charge < -0.3 is 15.0 Å². The summed E-state index contributed by atoms with van der Waals surface area (Å²) in [6.45, 7) is 8.35. The van der Waals surface area contributed by atoms with Crippen molar-refractivity contribution >= 4 is 18.3 Å². The van der Waals surface area contributed by atoms with Crippen molar-refractivity contribution in [2.24, 2.45) is 0 Å². The molecule has 0 bridgehead atoms. The van der Waals surface area contributed by atoms with Crippen LogP contribution in [0, 0.1) is 6.92 Å². The van der Waals surface area contributed by atoms with Crippen LogP contribution in [0.2, 0.25) is 0 Å². The number of hydrogen-bond acceptors (Lipinski definition) is 3. The Morgan fingerprint density at radius 1 is 1.50 bits per heavy atom. The third-order valence-electron chi connectivity index (χ3n) is 3.43. The highest BCUT2D eigenvalue weighted by atomic mass is 35.5. The normalized spacial score (nSPS) is 19.9. The third kappa shape index (κ3) is 4.12. The van der Waals surface area contributed by atoms with Gasteiger partial charge in [-0.25, -0.2) is 0 Å². The standard InChI is InChI=1S/C15H22N2O2.ClH/c1-11-5-4-6-14(9-11)19-13(3)15(18)17-8-7-16-10-12(17)2;/h4-6,9,12-13,16H,7-8,10H2,1-3H3;1H/t12-,13?;/m0./s1. The molecule has 1 aliphatic heterocycles. The van der Waals surface area contributed by atoms with E-state index >= 15 is 0 Å². The van der Waals surface area contributed by atoms with Crippen molar-refractivity contribution in [3.8, 4) is 5.75 Å². The Kier molecular flexibility index (Phi) is 6.30. The Morgan fingerprint density at radius 2 is 2.25 bits per heavy atom. The maximum atomic E-state index is 12.4. The van der Waals surface area contributed by atoms with Gasteiger partial charge in [-0.05, 0) is 38.5 Å². The molecule has 1 aliphatic rings. The van der Waals surface area contributed by atoms with Crippen molar-refractivity contribution in [3.05, 3.63) is 29.8 Å². The van der Waals surface area contributed by atoms with E-state index in [0.717, 1.165) is 30.9 Å². The Morgan fingerprint density at radius 3 is 2.90 bits per heavy atom. The van der Waals surface area contributed by atoms with Crippen molar-refractivity contribution < 1.29 is 9.53 Å². The van der Waals surface area contributed by atoms with Gasteiger partial charge in [0, 0.05) is 25.7 Å². The molecule has 0 aliphatic carbocycles. The molecule has 20 heavy (non-hydrogen) atoms. The number of ether oxygens (including phenoxy) is 1. The Labute approximate surface area is 126 Å². The van der Waals surface area contributed by atoms with Crippen molar-refractivity contribution in [2.75, 3.05) is 19.6 Å². The van der Waals surface area contributed by atoms with Crippen molar-refractivity contribution in [3.63, 3.8) is 0 Å². The van der Waals surface area contributed by atoms with E-state index in [4.69, 9.17) is 4.74 Å². The second-order valence-electron chi connectivity index (χ2n) is 5.16. The van der Waals surface area contributed by atoms with E-state index < -0.39 is 6.10 Å². The van der Waals surface area contributed by atoms with E-state index in [2.05, 4.69) is 12.2 Å². The molecule has 2 atom stereocenters. The minimum atomic E-state index is -0.442. The zero-order valence-corrected chi connectivity index (χ0v) is 13.1. The highest BCUT2D eigenvalue weighted by molar-refractivity contribution is 5.85. The fraction of sp³-hybridized carbons (Fsp3) is 0.533. The van der Waals surface area contributed by atoms with Gasteiger partial charge in [-0.1, -0.05) is 12.1 Å². The topological polar surface area (TPSA) is 41.6 Å². The summed E-state index contributed by atoms with van der Waals surface area (Å²) in [6.07, 6.45) is -0.442. The first kappa shape index (κ1) is 16.8. The second kappa shape index (κ2) is 7.50. The number of nitrogens with one attached hydrogen (secondary N) is 1. The van der Waals surface area contributed by atoms with Gasteiger partial charge in [0.15, 0.2) is 6.10 Å². The summed E-state index contributed by atoms with van der Waals surface area (Å²) in [5, 5.41) is 3.28. The number of halogens is 1. The summed E-state index contributed by atoms with van der Waals surface area (Å²) in [4.78, 5) is 14.3. The molecule has 112 valence electrons. The monoisotopic (exact) mass is 298 g/mol. The van der Waals surface area contributed by atoms with Crippen LogP contribution >= 0.6 is 12.4 Å². The molecule has 0 saturated carbocycles. The molecule has 1 unspecified atom stereocenters. The highest BCUT2D eigenvalue weighted by Crippen LogP contribution is 2.16. The number of benzene rings is 1. The molecule has 0 radical (unpaired) electrons. The van der Waals surface area contributed by atoms with Gasteiger partial charge in [-0.15, -0.1) is 12.4 Å². The maximum Gasteiger partial charge on any atom is 0.263 e. The zero-order chi connectivity index (χ0) is 13.8. The maximum absolute atomic E-state index is 12.4. The summed E-state index contributed by atoms with van der Waals surface area (Å²) in [7, 11) is 0. The van der Waals surface area contributed by atoms with Gasteiger partial charge in [-0.3, -0.25) is 4.79 Å². The van der Waals surface area contributed by atoms with Crippen molar-refractivity contribution in [2.45, 2.75) is 32.9 Å².